The molecule has 2 aromatic heterocycles. The second kappa shape index (κ2) is 7.03. The lowest BCUT2D eigenvalue weighted by Crippen LogP contribution is -2.16. The summed E-state index contributed by atoms with van der Waals surface area (Å²) >= 11 is 7.43. The van der Waals surface area contributed by atoms with Crippen molar-refractivity contribution in [2.45, 2.75) is 13.8 Å². The second-order valence-electron chi connectivity index (χ2n) is 5.35. The van der Waals surface area contributed by atoms with E-state index in [2.05, 4.69) is 15.1 Å². The lowest BCUT2D eigenvalue weighted by Gasteiger charge is -2.09. The molecule has 0 unspecified atom stereocenters. The molecule has 4 nitrogen and oxygen atoms in total. The molecule has 122 valence electrons. The van der Waals surface area contributed by atoms with Crippen LogP contribution in [-0.4, -0.2) is 16.7 Å². The highest BCUT2D eigenvalue weighted by atomic mass is 35.5. The van der Waals surface area contributed by atoms with E-state index >= 15 is 0 Å². The third-order valence-corrected chi connectivity index (χ3v) is 4.64. The first kappa shape index (κ1) is 16.5. The van der Waals surface area contributed by atoms with Crippen LogP contribution < -0.4 is 5.43 Å². The number of thiophene rings is 1. The number of nitrogens with one attached hydrogen (secondary N) is 1. The Hall–Kier alpha value is -2.37. The average molecular weight is 358 g/mol. The minimum absolute atomic E-state index is 0.209. The highest BCUT2D eigenvalue weighted by Crippen LogP contribution is 2.21. The van der Waals surface area contributed by atoms with Crippen molar-refractivity contribution < 1.29 is 4.79 Å². The number of aromatic nitrogens is 1. The van der Waals surface area contributed by atoms with E-state index in [0.29, 0.717) is 10.6 Å². The van der Waals surface area contributed by atoms with Gasteiger partial charge in [0, 0.05) is 33.0 Å². The number of hydrazone groups is 1. The van der Waals surface area contributed by atoms with Gasteiger partial charge in [-0.15, -0.1) is 0 Å². The van der Waals surface area contributed by atoms with Crippen LogP contribution in [0.4, 0.5) is 0 Å². The highest BCUT2D eigenvalue weighted by Gasteiger charge is 2.09. The molecule has 3 aromatic rings. The maximum atomic E-state index is 11.9. The molecule has 6 heteroatoms. The van der Waals surface area contributed by atoms with E-state index in [1.54, 1.807) is 17.7 Å². The Morgan fingerprint density at radius 1 is 1.25 bits per heavy atom. The van der Waals surface area contributed by atoms with Gasteiger partial charge in [0.1, 0.15) is 0 Å². The summed E-state index contributed by atoms with van der Waals surface area (Å²) in [6.07, 6.45) is 1.67. The minimum Gasteiger partial charge on any atom is -0.318 e. The monoisotopic (exact) mass is 357 g/mol. The molecule has 0 aliphatic carbocycles. The highest BCUT2D eigenvalue weighted by molar-refractivity contribution is 7.08. The van der Waals surface area contributed by atoms with E-state index < -0.39 is 0 Å². The van der Waals surface area contributed by atoms with Crippen LogP contribution >= 0.6 is 22.9 Å². The number of aryl methyl sites for hydroxylation is 1. The van der Waals surface area contributed by atoms with Gasteiger partial charge in [-0.25, -0.2) is 5.43 Å². The van der Waals surface area contributed by atoms with Crippen LogP contribution in [0, 0.1) is 13.8 Å². The average Bonchev–Trinajstić information content (AvgIpc) is 3.18. The predicted molar refractivity (Wildman–Crippen MR) is 99.6 cm³/mol. The van der Waals surface area contributed by atoms with Gasteiger partial charge in [-0.3, -0.25) is 4.79 Å². The van der Waals surface area contributed by atoms with Crippen molar-refractivity contribution in [3.8, 4) is 5.69 Å². The van der Waals surface area contributed by atoms with Crippen LogP contribution in [0.25, 0.3) is 5.69 Å². The number of amides is 1. The van der Waals surface area contributed by atoms with Gasteiger partial charge >= 0.3 is 0 Å². The molecular weight excluding hydrogens is 342 g/mol. The first-order valence-corrected chi connectivity index (χ1v) is 8.69. The Balaban J connectivity index is 1.80. The summed E-state index contributed by atoms with van der Waals surface area (Å²) in [4.78, 5) is 11.9. The number of rotatable bonds is 4. The van der Waals surface area contributed by atoms with Crippen molar-refractivity contribution in [3.05, 3.63) is 74.7 Å². The predicted octanol–water partition coefficient (Wildman–Crippen LogP) is 4.57. The molecule has 0 saturated heterocycles. The van der Waals surface area contributed by atoms with E-state index in [1.165, 1.54) is 11.3 Å². The molecular formula is C18H16ClN3OS. The van der Waals surface area contributed by atoms with Gasteiger partial charge in [-0.05, 0) is 55.6 Å². The van der Waals surface area contributed by atoms with Crippen LogP contribution in [0.5, 0.6) is 0 Å². The molecule has 0 spiro atoms. The molecule has 1 amide bonds. The molecule has 1 N–H and O–H groups in total. The number of hydrogen-bond acceptors (Lipinski definition) is 3. The van der Waals surface area contributed by atoms with Crippen molar-refractivity contribution >= 4 is 35.1 Å². The topological polar surface area (TPSA) is 46.4 Å². The molecule has 2 heterocycles. The summed E-state index contributed by atoms with van der Waals surface area (Å²) in [5.41, 5.74) is 7.28. The summed E-state index contributed by atoms with van der Waals surface area (Å²) in [5, 5.41) is 8.42. The van der Waals surface area contributed by atoms with Gasteiger partial charge in [-0.1, -0.05) is 11.6 Å². The number of carbonyl (C=O) groups excluding carboxylic acids is 1. The normalized spacial score (nSPS) is 11.1. The second-order valence-corrected chi connectivity index (χ2v) is 6.57. The zero-order valence-electron chi connectivity index (χ0n) is 13.3. The number of nitrogens with zero attached hydrogens (tertiary/aromatic N) is 2. The standard InChI is InChI=1S/C18H16ClN3OS/c1-12-9-15(10-20-21-18(23)14-7-8-24-11-14)13(2)22(12)17-5-3-16(19)4-6-17/h3-11H,1-2H3,(H,21,23). The zero-order chi connectivity index (χ0) is 17.1. The van der Waals surface area contributed by atoms with Crippen LogP contribution in [0.1, 0.15) is 27.3 Å². The SMILES string of the molecule is Cc1cc(C=NNC(=O)c2ccsc2)c(C)n1-c1ccc(Cl)cc1. The van der Waals surface area contributed by atoms with E-state index in [0.717, 1.165) is 22.6 Å². The fourth-order valence-corrected chi connectivity index (χ4v) is 3.29. The molecule has 0 aliphatic heterocycles. The largest absolute Gasteiger partial charge is 0.318 e. The smallest absolute Gasteiger partial charge is 0.272 e. The maximum Gasteiger partial charge on any atom is 0.272 e. The van der Waals surface area contributed by atoms with E-state index in [-0.39, 0.29) is 5.91 Å². The van der Waals surface area contributed by atoms with Crippen LogP contribution in [0.3, 0.4) is 0 Å². The molecule has 0 radical (unpaired) electrons. The van der Waals surface area contributed by atoms with Gasteiger partial charge in [0.15, 0.2) is 0 Å². The van der Waals surface area contributed by atoms with Gasteiger partial charge in [0.05, 0.1) is 11.8 Å². The molecule has 1 aromatic carbocycles. The molecule has 24 heavy (non-hydrogen) atoms. The Morgan fingerprint density at radius 2 is 2.00 bits per heavy atom. The van der Waals surface area contributed by atoms with Gasteiger partial charge < -0.3 is 4.57 Å². The molecule has 0 atom stereocenters. The van der Waals surface area contributed by atoms with Gasteiger partial charge in [-0.2, -0.15) is 16.4 Å². The summed E-state index contributed by atoms with van der Waals surface area (Å²) in [6, 6.07) is 11.5. The first-order chi connectivity index (χ1) is 11.6. The lowest BCUT2D eigenvalue weighted by atomic mass is 10.2. The van der Waals surface area contributed by atoms with Crippen molar-refractivity contribution in [1.82, 2.24) is 9.99 Å². The molecule has 3 rings (SSSR count). The molecule has 0 bridgehead atoms. The van der Waals surface area contributed by atoms with E-state index in [1.807, 2.05) is 49.6 Å². The molecule has 0 fully saturated rings. The number of carbonyl (C=O) groups is 1. The van der Waals surface area contributed by atoms with Gasteiger partial charge in [0.2, 0.25) is 0 Å². The minimum atomic E-state index is -0.209. The van der Waals surface area contributed by atoms with Gasteiger partial charge in [0.25, 0.3) is 5.91 Å². The van der Waals surface area contributed by atoms with Crippen LogP contribution in [0.15, 0.2) is 52.3 Å². The summed E-state index contributed by atoms with van der Waals surface area (Å²) in [5.74, 6) is -0.209. The third kappa shape index (κ3) is 3.42. The Kier molecular flexibility index (Phi) is 4.83. The summed E-state index contributed by atoms with van der Waals surface area (Å²) in [6.45, 7) is 4.05. The summed E-state index contributed by atoms with van der Waals surface area (Å²) in [7, 11) is 0. The lowest BCUT2D eigenvalue weighted by molar-refractivity contribution is 0.0955. The summed E-state index contributed by atoms with van der Waals surface area (Å²) < 4.78 is 2.12. The quantitative estimate of drug-likeness (QED) is 0.539. The first-order valence-electron chi connectivity index (χ1n) is 7.37. The Labute approximate surface area is 149 Å². The third-order valence-electron chi connectivity index (χ3n) is 3.71. The fourth-order valence-electron chi connectivity index (χ4n) is 2.52. The number of benzene rings is 1. The van der Waals surface area contributed by atoms with Crippen molar-refractivity contribution in [1.29, 1.82) is 0 Å². The fraction of sp³-hybridized carbons (Fsp3) is 0.111. The number of halogens is 1. The molecule has 0 saturated carbocycles. The molecule has 0 aliphatic rings. The van der Waals surface area contributed by atoms with Crippen LogP contribution in [0.2, 0.25) is 5.02 Å². The number of hydrogen-bond donors (Lipinski definition) is 1. The maximum absolute atomic E-state index is 11.9. The van der Waals surface area contributed by atoms with E-state index in [4.69, 9.17) is 11.6 Å². The van der Waals surface area contributed by atoms with Crippen molar-refractivity contribution in [2.24, 2.45) is 5.10 Å². The van der Waals surface area contributed by atoms with Crippen molar-refractivity contribution in [3.63, 3.8) is 0 Å². The van der Waals surface area contributed by atoms with Crippen molar-refractivity contribution in [2.75, 3.05) is 0 Å². The Bertz CT molecular complexity index is 880. The zero-order valence-corrected chi connectivity index (χ0v) is 14.9. The van der Waals surface area contributed by atoms with E-state index in [9.17, 15) is 4.79 Å². The Morgan fingerprint density at radius 3 is 2.67 bits per heavy atom. The van der Waals surface area contributed by atoms with Crippen LogP contribution in [-0.2, 0) is 0 Å².